The summed E-state index contributed by atoms with van der Waals surface area (Å²) in [6.45, 7) is 7.85. The van der Waals surface area contributed by atoms with Gasteiger partial charge in [0.2, 0.25) is 0 Å². The van der Waals surface area contributed by atoms with E-state index in [0.29, 0.717) is 5.75 Å². The van der Waals surface area contributed by atoms with E-state index in [1.165, 1.54) is 16.0 Å². The number of pyridine rings is 1. The number of rotatable bonds is 10. The second kappa shape index (κ2) is 12.7. The van der Waals surface area contributed by atoms with Crippen LogP contribution in [0.4, 0.5) is 0 Å². The maximum atomic E-state index is 11.0. The lowest BCUT2D eigenvalue weighted by atomic mass is 10.1. The maximum Gasteiger partial charge on any atom is 0.341 e. The third-order valence-corrected chi connectivity index (χ3v) is 9.47. The summed E-state index contributed by atoms with van der Waals surface area (Å²) >= 11 is 3.52. The summed E-state index contributed by atoms with van der Waals surface area (Å²) in [6, 6.07) is 27.1. The molecule has 41 heavy (non-hydrogen) atoms. The predicted octanol–water partition coefficient (Wildman–Crippen LogP) is 8.65. The van der Waals surface area contributed by atoms with Gasteiger partial charge in [-0.3, -0.25) is 4.98 Å². The van der Waals surface area contributed by atoms with Gasteiger partial charge in [0.25, 0.3) is 0 Å². The number of hydrogen-bond donors (Lipinski definition) is 1. The molecular weight excluding hydrogens is 549 g/mol. The van der Waals surface area contributed by atoms with Crippen LogP contribution in [0.5, 0.6) is 5.75 Å². The highest BCUT2D eigenvalue weighted by Crippen LogP contribution is 2.44. The molecule has 0 fully saturated rings. The van der Waals surface area contributed by atoms with Crippen LogP contribution in [0.1, 0.15) is 38.1 Å². The van der Waals surface area contributed by atoms with Gasteiger partial charge >= 0.3 is 5.97 Å². The smallest absolute Gasteiger partial charge is 0.341 e. The molecule has 208 valence electrons. The van der Waals surface area contributed by atoms with Gasteiger partial charge in [0, 0.05) is 32.3 Å². The van der Waals surface area contributed by atoms with Crippen molar-refractivity contribution in [2.24, 2.45) is 0 Å². The van der Waals surface area contributed by atoms with Gasteiger partial charge in [0.15, 0.2) is 6.61 Å². The molecule has 0 aliphatic rings. The normalized spacial score (nSPS) is 11.8. The zero-order chi connectivity index (χ0) is 28.9. The summed E-state index contributed by atoms with van der Waals surface area (Å²) in [4.78, 5) is 23.0. The van der Waals surface area contributed by atoms with Crippen molar-refractivity contribution in [3.05, 3.63) is 118 Å². The molecule has 5 rings (SSSR count). The maximum absolute atomic E-state index is 11.0. The number of thioether (sulfide) groups is 1. The minimum Gasteiger partial charge on any atom is -0.482 e. The topological polar surface area (TPSA) is 72.3 Å². The van der Waals surface area contributed by atoms with Gasteiger partial charge in [-0.2, -0.15) is 0 Å². The van der Waals surface area contributed by atoms with Gasteiger partial charge < -0.3 is 9.84 Å². The Hall–Kier alpha value is -3.94. The number of carboxylic acids is 1. The SMILES string of the molecule is Cc1ccc(-c2ccc(CC(Sc3ccc(OCC(=O)O)c(C)c3)c3sc(-c4ccc(C)cc4)nc3C)cn2)cc1. The number of aryl methyl sites for hydroxylation is 4. The van der Waals surface area contributed by atoms with E-state index in [0.717, 1.165) is 50.0 Å². The van der Waals surface area contributed by atoms with Crippen LogP contribution in [0.25, 0.3) is 21.8 Å². The third kappa shape index (κ3) is 7.23. The number of thiazole rings is 1. The van der Waals surface area contributed by atoms with Crippen LogP contribution >= 0.6 is 23.1 Å². The zero-order valence-electron chi connectivity index (χ0n) is 23.5. The average molecular weight is 581 g/mol. The van der Waals surface area contributed by atoms with E-state index in [9.17, 15) is 4.79 Å². The first-order valence-electron chi connectivity index (χ1n) is 13.4. The molecule has 0 saturated carbocycles. The second-order valence-electron chi connectivity index (χ2n) is 10.2. The highest BCUT2D eigenvalue weighted by atomic mass is 32.2. The molecule has 1 unspecified atom stereocenters. The van der Waals surface area contributed by atoms with Crippen LogP contribution in [0.15, 0.2) is 90.0 Å². The lowest BCUT2D eigenvalue weighted by molar-refractivity contribution is -0.139. The summed E-state index contributed by atoms with van der Waals surface area (Å²) in [7, 11) is 0. The number of ether oxygens (including phenoxy) is 1. The van der Waals surface area contributed by atoms with Crippen molar-refractivity contribution in [1.82, 2.24) is 9.97 Å². The van der Waals surface area contributed by atoms with Crippen LogP contribution in [-0.4, -0.2) is 27.7 Å². The Morgan fingerprint density at radius 3 is 2.20 bits per heavy atom. The van der Waals surface area contributed by atoms with Gasteiger partial charge in [-0.05, 0) is 69.5 Å². The lowest BCUT2D eigenvalue weighted by Crippen LogP contribution is -2.10. The minimum atomic E-state index is -0.991. The van der Waals surface area contributed by atoms with Gasteiger partial charge in [0.1, 0.15) is 10.8 Å². The Balaban J connectivity index is 1.44. The highest BCUT2D eigenvalue weighted by Gasteiger charge is 2.22. The van der Waals surface area contributed by atoms with Gasteiger partial charge in [-0.15, -0.1) is 23.1 Å². The molecule has 2 aromatic heterocycles. The van der Waals surface area contributed by atoms with Crippen molar-refractivity contribution >= 4 is 29.1 Å². The quantitative estimate of drug-likeness (QED) is 0.167. The number of carboxylic acid groups (broad SMARTS) is 1. The van der Waals surface area contributed by atoms with Crippen LogP contribution < -0.4 is 4.74 Å². The van der Waals surface area contributed by atoms with Gasteiger partial charge in [-0.1, -0.05) is 65.7 Å². The molecule has 0 aliphatic heterocycles. The van der Waals surface area contributed by atoms with Crippen molar-refractivity contribution in [2.45, 2.75) is 44.3 Å². The molecule has 0 saturated heterocycles. The number of aromatic nitrogens is 2. The minimum absolute atomic E-state index is 0.115. The average Bonchev–Trinajstić information content (AvgIpc) is 3.35. The first-order chi connectivity index (χ1) is 19.7. The molecule has 0 spiro atoms. The molecule has 5 aromatic rings. The number of hydrogen-bond acceptors (Lipinski definition) is 6. The van der Waals surface area contributed by atoms with Crippen LogP contribution in [-0.2, 0) is 11.2 Å². The Morgan fingerprint density at radius 1 is 0.902 bits per heavy atom. The Bertz CT molecular complexity index is 1640. The van der Waals surface area contributed by atoms with Crippen molar-refractivity contribution in [2.75, 3.05) is 6.61 Å². The molecule has 0 radical (unpaired) electrons. The molecule has 5 nitrogen and oxygen atoms in total. The Labute approximate surface area is 249 Å². The number of benzene rings is 3. The van der Waals surface area contributed by atoms with Crippen molar-refractivity contribution in [1.29, 1.82) is 0 Å². The molecule has 7 heteroatoms. The van der Waals surface area contributed by atoms with E-state index in [1.54, 1.807) is 23.1 Å². The molecule has 0 bridgehead atoms. The van der Waals surface area contributed by atoms with Gasteiger partial charge in [-0.25, -0.2) is 9.78 Å². The third-order valence-electron chi connectivity index (χ3n) is 6.79. The van der Waals surface area contributed by atoms with Gasteiger partial charge in [0.05, 0.1) is 11.4 Å². The van der Waals surface area contributed by atoms with E-state index in [-0.39, 0.29) is 11.9 Å². The molecule has 0 aliphatic carbocycles. The summed E-state index contributed by atoms with van der Waals surface area (Å²) < 4.78 is 5.45. The highest BCUT2D eigenvalue weighted by molar-refractivity contribution is 7.99. The number of aliphatic carboxylic acids is 1. The lowest BCUT2D eigenvalue weighted by Gasteiger charge is -2.17. The molecule has 1 N–H and O–H groups in total. The fourth-order valence-electron chi connectivity index (χ4n) is 4.53. The predicted molar refractivity (Wildman–Crippen MR) is 168 cm³/mol. The summed E-state index contributed by atoms with van der Waals surface area (Å²) in [5, 5.41) is 10.1. The van der Waals surface area contributed by atoms with Crippen LogP contribution in [0, 0.1) is 27.7 Å². The van der Waals surface area contributed by atoms with Crippen molar-refractivity contribution < 1.29 is 14.6 Å². The van der Waals surface area contributed by atoms with E-state index in [1.807, 2.05) is 25.3 Å². The first-order valence-corrected chi connectivity index (χ1v) is 15.1. The van der Waals surface area contributed by atoms with Crippen LogP contribution in [0.3, 0.4) is 0 Å². The second-order valence-corrected chi connectivity index (χ2v) is 12.5. The molecule has 1 atom stereocenters. The van der Waals surface area contributed by atoms with E-state index >= 15 is 0 Å². The largest absolute Gasteiger partial charge is 0.482 e. The Kier molecular flexibility index (Phi) is 8.86. The first kappa shape index (κ1) is 28.6. The zero-order valence-corrected chi connectivity index (χ0v) is 25.2. The fourth-order valence-corrected chi connectivity index (χ4v) is 7.14. The van der Waals surface area contributed by atoms with E-state index in [4.69, 9.17) is 19.8 Å². The van der Waals surface area contributed by atoms with E-state index < -0.39 is 5.97 Å². The number of carbonyl (C=O) groups is 1. The van der Waals surface area contributed by atoms with Crippen molar-refractivity contribution in [3.8, 4) is 27.6 Å². The summed E-state index contributed by atoms with van der Waals surface area (Å²) in [5.74, 6) is -0.408. The van der Waals surface area contributed by atoms with E-state index in [2.05, 4.69) is 87.5 Å². The molecule has 2 heterocycles. The van der Waals surface area contributed by atoms with Crippen molar-refractivity contribution in [3.63, 3.8) is 0 Å². The summed E-state index contributed by atoms with van der Waals surface area (Å²) in [5.41, 5.74) is 8.73. The van der Waals surface area contributed by atoms with Crippen LogP contribution in [0.2, 0.25) is 0 Å². The summed E-state index contributed by atoms with van der Waals surface area (Å²) in [6.07, 6.45) is 2.77. The Morgan fingerprint density at radius 2 is 1.59 bits per heavy atom. The molecule has 3 aromatic carbocycles. The monoisotopic (exact) mass is 580 g/mol. The molecular formula is C34H32N2O3S2. The number of nitrogens with zero attached hydrogens (tertiary/aromatic N) is 2. The fraction of sp³-hybridized carbons (Fsp3) is 0.206. The standard InChI is InChI=1S/C34H32N2O3S2/c1-21-5-10-26(11-6-21)29-15-9-25(19-35-29)18-31(40-28-14-16-30(23(3)17-28)39-20-32(37)38)33-24(4)36-34(41-33)27-12-7-22(2)8-13-27/h5-17,19,31H,18,20H2,1-4H3,(H,37,38). The molecule has 0 amide bonds.